The molecular weight excluding hydrogens is 336 g/mol. The molecule has 0 N–H and O–H groups in total. The van der Waals surface area contributed by atoms with E-state index in [1.807, 2.05) is 0 Å². The first-order valence-corrected chi connectivity index (χ1v) is 11.0. The molecule has 0 atom stereocenters. The van der Waals surface area contributed by atoms with Gasteiger partial charge in [0, 0.05) is 38.4 Å². The Balaban J connectivity index is 1.16. The Bertz CT molecular complexity index is 681. The molecular formula is C22H34N4O. The SMILES string of the molecule is Cc1cc(C)n(CCN2CCN(C(=O)C34CC5CC(CC(C5)C3)C4)CC2)n1. The van der Waals surface area contributed by atoms with E-state index in [1.54, 1.807) is 0 Å². The Hall–Kier alpha value is -1.36. The Morgan fingerprint density at radius 3 is 2.11 bits per heavy atom. The van der Waals surface area contributed by atoms with Gasteiger partial charge in [0.1, 0.15) is 0 Å². The second-order valence-electron chi connectivity index (χ2n) is 9.98. The zero-order chi connectivity index (χ0) is 18.6. The van der Waals surface area contributed by atoms with E-state index in [9.17, 15) is 4.79 Å². The molecule has 0 aromatic carbocycles. The van der Waals surface area contributed by atoms with Crippen molar-refractivity contribution in [1.82, 2.24) is 19.6 Å². The van der Waals surface area contributed by atoms with Crippen LogP contribution in [0.5, 0.6) is 0 Å². The Morgan fingerprint density at radius 2 is 1.59 bits per heavy atom. The highest BCUT2D eigenvalue weighted by molar-refractivity contribution is 5.83. The summed E-state index contributed by atoms with van der Waals surface area (Å²) in [5.74, 6) is 3.06. The summed E-state index contributed by atoms with van der Waals surface area (Å²) in [4.78, 5) is 18.2. The molecule has 1 saturated heterocycles. The summed E-state index contributed by atoms with van der Waals surface area (Å²) in [7, 11) is 0. The molecule has 1 aromatic rings. The smallest absolute Gasteiger partial charge is 0.228 e. The Labute approximate surface area is 163 Å². The van der Waals surface area contributed by atoms with E-state index in [0.29, 0.717) is 5.91 Å². The predicted molar refractivity (Wildman–Crippen MR) is 105 cm³/mol. The van der Waals surface area contributed by atoms with Gasteiger partial charge in [0.25, 0.3) is 0 Å². The van der Waals surface area contributed by atoms with Gasteiger partial charge in [-0.3, -0.25) is 14.4 Å². The van der Waals surface area contributed by atoms with Gasteiger partial charge in [0.2, 0.25) is 5.91 Å². The minimum Gasteiger partial charge on any atom is -0.340 e. The topological polar surface area (TPSA) is 41.4 Å². The molecule has 0 spiro atoms. The van der Waals surface area contributed by atoms with Crippen LogP contribution in [0.15, 0.2) is 6.07 Å². The first-order valence-electron chi connectivity index (χ1n) is 11.0. The number of aryl methyl sites for hydroxylation is 2. The van der Waals surface area contributed by atoms with Gasteiger partial charge in [-0.05, 0) is 76.2 Å². The van der Waals surface area contributed by atoms with Crippen LogP contribution in [0.3, 0.4) is 0 Å². The monoisotopic (exact) mass is 370 g/mol. The summed E-state index contributed by atoms with van der Waals surface area (Å²) in [6.45, 7) is 10.0. The van der Waals surface area contributed by atoms with Crippen molar-refractivity contribution >= 4 is 5.91 Å². The molecule has 5 aliphatic rings. The summed E-state index contributed by atoms with van der Waals surface area (Å²) in [5, 5.41) is 4.57. The van der Waals surface area contributed by atoms with Crippen LogP contribution in [0.4, 0.5) is 0 Å². The van der Waals surface area contributed by atoms with Crippen molar-refractivity contribution in [3.63, 3.8) is 0 Å². The van der Waals surface area contributed by atoms with E-state index >= 15 is 0 Å². The van der Waals surface area contributed by atoms with E-state index in [2.05, 4.69) is 39.5 Å². The van der Waals surface area contributed by atoms with Crippen LogP contribution in [0.2, 0.25) is 0 Å². The lowest BCUT2D eigenvalue weighted by molar-refractivity contribution is -0.159. The molecule has 27 heavy (non-hydrogen) atoms. The number of nitrogens with zero attached hydrogens (tertiary/aromatic N) is 4. The minimum atomic E-state index is 0.0284. The lowest BCUT2D eigenvalue weighted by Crippen LogP contribution is -2.58. The first-order chi connectivity index (χ1) is 13.0. The summed E-state index contributed by atoms with van der Waals surface area (Å²) >= 11 is 0. The van der Waals surface area contributed by atoms with E-state index < -0.39 is 0 Å². The molecule has 4 bridgehead atoms. The van der Waals surface area contributed by atoms with Gasteiger partial charge in [0.15, 0.2) is 0 Å². The van der Waals surface area contributed by atoms with Crippen LogP contribution < -0.4 is 0 Å². The van der Waals surface area contributed by atoms with E-state index in [0.717, 1.165) is 62.7 Å². The average Bonchev–Trinajstić information content (AvgIpc) is 2.96. The summed E-state index contributed by atoms with van der Waals surface area (Å²) < 4.78 is 2.11. The first kappa shape index (κ1) is 17.7. The van der Waals surface area contributed by atoms with Crippen molar-refractivity contribution in [3.05, 3.63) is 17.5 Å². The third-order valence-electron chi connectivity index (χ3n) is 7.88. The van der Waals surface area contributed by atoms with Crippen molar-refractivity contribution in [2.24, 2.45) is 23.2 Å². The quantitative estimate of drug-likeness (QED) is 0.818. The molecule has 2 heterocycles. The number of piperazine rings is 1. The van der Waals surface area contributed by atoms with Crippen LogP contribution in [0.25, 0.3) is 0 Å². The standard InChI is InChI=1S/C22H34N4O/c1-16-9-17(2)26(23-16)8-5-24-3-6-25(7-4-24)21(27)22-13-18-10-19(14-22)12-20(11-18)15-22/h9,18-20H,3-8,10-15H2,1-2H3. The molecule has 5 nitrogen and oxygen atoms in total. The second kappa shape index (κ2) is 6.61. The zero-order valence-electron chi connectivity index (χ0n) is 17.0. The molecule has 1 aliphatic heterocycles. The summed E-state index contributed by atoms with van der Waals surface area (Å²) in [5.41, 5.74) is 2.36. The van der Waals surface area contributed by atoms with Crippen molar-refractivity contribution in [2.45, 2.75) is 58.9 Å². The molecule has 0 unspecified atom stereocenters. The van der Waals surface area contributed by atoms with Crippen molar-refractivity contribution in [2.75, 3.05) is 32.7 Å². The Kier molecular flexibility index (Phi) is 4.34. The lowest BCUT2D eigenvalue weighted by Gasteiger charge is -2.57. The number of carbonyl (C=O) groups excluding carboxylic acids is 1. The molecule has 6 rings (SSSR count). The largest absolute Gasteiger partial charge is 0.340 e. The van der Waals surface area contributed by atoms with E-state index in [1.165, 1.54) is 44.2 Å². The van der Waals surface area contributed by atoms with Crippen LogP contribution >= 0.6 is 0 Å². The molecule has 5 fully saturated rings. The highest BCUT2D eigenvalue weighted by Crippen LogP contribution is 2.60. The molecule has 1 amide bonds. The molecule has 0 radical (unpaired) electrons. The Morgan fingerprint density at radius 1 is 1.00 bits per heavy atom. The van der Waals surface area contributed by atoms with Gasteiger partial charge in [-0.2, -0.15) is 5.10 Å². The van der Waals surface area contributed by atoms with Gasteiger partial charge in [-0.15, -0.1) is 0 Å². The highest BCUT2D eigenvalue weighted by Gasteiger charge is 2.55. The number of aromatic nitrogens is 2. The minimum absolute atomic E-state index is 0.0284. The number of rotatable bonds is 4. The van der Waals surface area contributed by atoms with Crippen LogP contribution in [-0.4, -0.2) is 58.2 Å². The van der Waals surface area contributed by atoms with E-state index in [4.69, 9.17) is 0 Å². The van der Waals surface area contributed by atoms with Gasteiger partial charge in [0.05, 0.1) is 17.7 Å². The normalized spacial score (nSPS) is 35.8. The number of hydrogen-bond acceptors (Lipinski definition) is 3. The van der Waals surface area contributed by atoms with E-state index in [-0.39, 0.29) is 5.41 Å². The fourth-order valence-electron chi connectivity index (χ4n) is 7.02. The number of carbonyl (C=O) groups is 1. The fourth-order valence-corrected chi connectivity index (χ4v) is 7.02. The average molecular weight is 371 g/mol. The second-order valence-corrected chi connectivity index (χ2v) is 9.98. The molecule has 1 aromatic heterocycles. The molecule has 148 valence electrons. The predicted octanol–water partition coefficient (Wildman–Crippen LogP) is 2.86. The lowest BCUT2D eigenvalue weighted by atomic mass is 9.49. The van der Waals surface area contributed by atoms with Crippen LogP contribution in [0.1, 0.15) is 49.9 Å². The van der Waals surface area contributed by atoms with Crippen LogP contribution in [-0.2, 0) is 11.3 Å². The molecule has 4 aliphatic carbocycles. The third kappa shape index (κ3) is 3.22. The molecule has 4 saturated carbocycles. The zero-order valence-corrected chi connectivity index (χ0v) is 17.0. The maximum atomic E-state index is 13.5. The summed E-state index contributed by atoms with van der Waals surface area (Å²) in [6, 6.07) is 2.14. The van der Waals surface area contributed by atoms with Gasteiger partial charge >= 0.3 is 0 Å². The van der Waals surface area contributed by atoms with Crippen molar-refractivity contribution in [3.8, 4) is 0 Å². The highest BCUT2D eigenvalue weighted by atomic mass is 16.2. The van der Waals surface area contributed by atoms with Crippen LogP contribution in [0, 0.1) is 37.0 Å². The summed E-state index contributed by atoms with van der Waals surface area (Å²) in [6.07, 6.45) is 7.80. The third-order valence-corrected chi connectivity index (χ3v) is 7.88. The van der Waals surface area contributed by atoms with Crippen molar-refractivity contribution in [1.29, 1.82) is 0 Å². The van der Waals surface area contributed by atoms with Gasteiger partial charge < -0.3 is 4.90 Å². The number of hydrogen-bond donors (Lipinski definition) is 0. The van der Waals surface area contributed by atoms with Gasteiger partial charge in [-0.25, -0.2) is 0 Å². The molecule has 5 heteroatoms. The maximum Gasteiger partial charge on any atom is 0.228 e. The van der Waals surface area contributed by atoms with Gasteiger partial charge in [-0.1, -0.05) is 0 Å². The van der Waals surface area contributed by atoms with Crippen molar-refractivity contribution < 1.29 is 4.79 Å². The maximum absolute atomic E-state index is 13.5. The fraction of sp³-hybridized carbons (Fsp3) is 0.818. The number of amides is 1.